The van der Waals surface area contributed by atoms with Crippen LogP contribution in [0.4, 0.5) is 0 Å². The highest BCUT2D eigenvalue weighted by Gasteiger charge is 2.08. The monoisotopic (exact) mass is 162 g/mol. The SMILES string of the molecule is CCc1[nH]c(C(C)=O)cc1C#N. The van der Waals surface area contributed by atoms with E-state index in [1.807, 2.05) is 13.0 Å². The van der Waals surface area contributed by atoms with Crippen LogP contribution in [0.2, 0.25) is 0 Å². The molecule has 0 saturated heterocycles. The van der Waals surface area contributed by atoms with Crippen molar-refractivity contribution in [3.63, 3.8) is 0 Å². The minimum atomic E-state index is -0.0359. The van der Waals surface area contributed by atoms with Gasteiger partial charge >= 0.3 is 0 Å². The second-order valence-electron chi connectivity index (χ2n) is 2.60. The van der Waals surface area contributed by atoms with E-state index < -0.39 is 0 Å². The van der Waals surface area contributed by atoms with Gasteiger partial charge in [-0.25, -0.2) is 0 Å². The van der Waals surface area contributed by atoms with Crippen LogP contribution >= 0.6 is 0 Å². The zero-order valence-corrected chi connectivity index (χ0v) is 7.14. The third-order valence-corrected chi connectivity index (χ3v) is 1.75. The number of H-pyrrole nitrogens is 1. The Morgan fingerprint density at radius 3 is 2.75 bits per heavy atom. The molecule has 3 nitrogen and oxygen atoms in total. The fourth-order valence-electron chi connectivity index (χ4n) is 1.07. The first kappa shape index (κ1) is 8.54. The fourth-order valence-corrected chi connectivity index (χ4v) is 1.07. The molecule has 0 aliphatic carbocycles. The van der Waals surface area contributed by atoms with Crippen LogP contribution in [0.25, 0.3) is 0 Å². The first-order valence-corrected chi connectivity index (χ1v) is 3.82. The molecule has 1 N–H and O–H groups in total. The number of aromatic amines is 1. The third kappa shape index (κ3) is 1.37. The summed E-state index contributed by atoms with van der Waals surface area (Å²) in [4.78, 5) is 13.8. The molecule has 0 amide bonds. The van der Waals surface area contributed by atoms with Gasteiger partial charge in [-0.05, 0) is 12.5 Å². The zero-order valence-electron chi connectivity index (χ0n) is 7.14. The second-order valence-corrected chi connectivity index (χ2v) is 2.60. The average molecular weight is 162 g/mol. The Morgan fingerprint density at radius 2 is 2.42 bits per heavy atom. The van der Waals surface area contributed by atoms with Crippen molar-refractivity contribution in [3.05, 3.63) is 23.0 Å². The van der Waals surface area contributed by atoms with Crippen molar-refractivity contribution in [2.75, 3.05) is 0 Å². The van der Waals surface area contributed by atoms with E-state index in [9.17, 15) is 4.79 Å². The first-order valence-electron chi connectivity index (χ1n) is 3.82. The topological polar surface area (TPSA) is 56.6 Å². The summed E-state index contributed by atoms with van der Waals surface area (Å²) in [7, 11) is 0. The predicted octanol–water partition coefficient (Wildman–Crippen LogP) is 1.65. The van der Waals surface area contributed by atoms with E-state index in [-0.39, 0.29) is 5.78 Å². The smallest absolute Gasteiger partial charge is 0.175 e. The lowest BCUT2D eigenvalue weighted by molar-refractivity contribution is 0.101. The van der Waals surface area contributed by atoms with Gasteiger partial charge in [-0.2, -0.15) is 5.26 Å². The maximum atomic E-state index is 10.9. The van der Waals surface area contributed by atoms with E-state index in [2.05, 4.69) is 4.98 Å². The molecular weight excluding hydrogens is 152 g/mol. The predicted molar refractivity (Wildman–Crippen MR) is 44.9 cm³/mol. The van der Waals surface area contributed by atoms with Crippen LogP contribution in [-0.2, 0) is 6.42 Å². The van der Waals surface area contributed by atoms with Gasteiger partial charge < -0.3 is 4.98 Å². The highest BCUT2D eigenvalue weighted by molar-refractivity contribution is 5.92. The van der Waals surface area contributed by atoms with E-state index in [4.69, 9.17) is 5.26 Å². The molecule has 0 aliphatic rings. The Hall–Kier alpha value is -1.56. The fraction of sp³-hybridized carbons (Fsp3) is 0.333. The summed E-state index contributed by atoms with van der Waals surface area (Å²) >= 11 is 0. The Bertz CT molecular complexity index is 344. The number of ketones is 1. The molecule has 12 heavy (non-hydrogen) atoms. The molecular formula is C9H10N2O. The van der Waals surface area contributed by atoms with Crippen molar-refractivity contribution < 1.29 is 4.79 Å². The number of aryl methyl sites for hydroxylation is 1. The highest BCUT2D eigenvalue weighted by atomic mass is 16.1. The molecule has 0 aromatic carbocycles. The standard InChI is InChI=1S/C9H10N2O/c1-3-8-7(5-10)4-9(11-8)6(2)12/h4,11H,3H2,1-2H3. The number of hydrogen-bond acceptors (Lipinski definition) is 2. The summed E-state index contributed by atoms with van der Waals surface area (Å²) in [5.74, 6) is -0.0359. The Balaban J connectivity index is 3.16. The Kier molecular flexibility index (Phi) is 2.29. The lowest BCUT2D eigenvalue weighted by atomic mass is 10.2. The molecule has 0 saturated carbocycles. The summed E-state index contributed by atoms with van der Waals surface area (Å²) in [5, 5.41) is 8.66. The van der Waals surface area contributed by atoms with Gasteiger partial charge in [-0.1, -0.05) is 6.92 Å². The Labute approximate surface area is 71.0 Å². The van der Waals surface area contributed by atoms with Crippen LogP contribution in [0.15, 0.2) is 6.07 Å². The minimum absolute atomic E-state index is 0.0359. The highest BCUT2D eigenvalue weighted by Crippen LogP contribution is 2.10. The third-order valence-electron chi connectivity index (χ3n) is 1.75. The van der Waals surface area contributed by atoms with Crippen LogP contribution in [0.1, 0.15) is 35.6 Å². The molecule has 0 aliphatic heterocycles. The minimum Gasteiger partial charge on any atom is -0.355 e. The van der Waals surface area contributed by atoms with Gasteiger partial charge in [-0.3, -0.25) is 4.79 Å². The van der Waals surface area contributed by atoms with Gasteiger partial charge in [0.15, 0.2) is 5.78 Å². The number of carbonyl (C=O) groups excluding carboxylic acids is 1. The normalized spacial score (nSPS) is 9.42. The summed E-state index contributed by atoms with van der Waals surface area (Å²) in [6, 6.07) is 3.64. The molecule has 1 heterocycles. The van der Waals surface area contributed by atoms with E-state index >= 15 is 0 Å². The van der Waals surface area contributed by atoms with Crippen molar-refractivity contribution in [1.29, 1.82) is 5.26 Å². The van der Waals surface area contributed by atoms with E-state index in [0.717, 1.165) is 12.1 Å². The van der Waals surface area contributed by atoms with Crippen LogP contribution < -0.4 is 0 Å². The Morgan fingerprint density at radius 1 is 1.75 bits per heavy atom. The number of Topliss-reactive ketones (excluding diaryl/α,β-unsaturated/α-hetero) is 1. The quantitative estimate of drug-likeness (QED) is 0.672. The van der Waals surface area contributed by atoms with Gasteiger partial charge in [-0.15, -0.1) is 0 Å². The summed E-state index contributed by atoms with van der Waals surface area (Å²) in [6.07, 6.45) is 0.746. The lowest BCUT2D eigenvalue weighted by Gasteiger charge is -1.89. The molecule has 0 unspecified atom stereocenters. The number of carbonyl (C=O) groups is 1. The van der Waals surface area contributed by atoms with Crippen LogP contribution in [-0.4, -0.2) is 10.8 Å². The van der Waals surface area contributed by atoms with Crippen molar-refractivity contribution >= 4 is 5.78 Å². The van der Waals surface area contributed by atoms with E-state index in [1.54, 1.807) is 6.07 Å². The molecule has 0 bridgehead atoms. The number of nitrogens with one attached hydrogen (secondary N) is 1. The lowest BCUT2D eigenvalue weighted by Crippen LogP contribution is -1.91. The molecule has 1 rings (SSSR count). The van der Waals surface area contributed by atoms with Crippen LogP contribution in [0.3, 0.4) is 0 Å². The summed E-state index contributed by atoms with van der Waals surface area (Å²) in [6.45, 7) is 3.42. The first-order chi connectivity index (χ1) is 5.69. The maximum Gasteiger partial charge on any atom is 0.175 e. The van der Waals surface area contributed by atoms with Gasteiger partial charge in [0.1, 0.15) is 6.07 Å². The summed E-state index contributed by atoms with van der Waals surface area (Å²) in [5.41, 5.74) is 1.92. The zero-order chi connectivity index (χ0) is 9.14. The van der Waals surface area contributed by atoms with E-state index in [1.165, 1.54) is 6.92 Å². The van der Waals surface area contributed by atoms with Gasteiger partial charge in [0.05, 0.1) is 11.3 Å². The van der Waals surface area contributed by atoms with Crippen molar-refractivity contribution in [2.24, 2.45) is 0 Å². The summed E-state index contributed by atoms with van der Waals surface area (Å²) < 4.78 is 0. The van der Waals surface area contributed by atoms with Crippen molar-refractivity contribution in [1.82, 2.24) is 4.98 Å². The largest absolute Gasteiger partial charge is 0.355 e. The molecule has 3 heteroatoms. The molecule has 1 aromatic rings. The van der Waals surface area contributed by atoms with E-state index in [0.29, 0.717) is 11.3 Å². The average Bonchev–Trinajstić information content (AvgIpc) is 2.46. The second kappa shape index (κ2) is 3.22. The van der Waals surface area contributed by atoms with Gasteiger partial charge in [0.2, 0.25) is 0 Å². The van der Waals surface area contributed by atoms with Crippen molar-refractivity contribution in [2.45, 2.75) is 20.3 Å². The maximum absolute atomic E-state index is 10.9. The number of hydrogen-bond donors (Lipinski definition) is 1. The number of aromatic nitrogens is 1. The van der Waals surface area contributed by atoms with Gasteiger partial charge in [0.25, 0.3) is 0 Å². The molecule has 1 aromatic heterocycles. The van der Waals surface area contributed by atoms with Crippen molar-refractivity contribution in [3.8, 4) is 6.07 Å². The molecule has 0 fully saturated rings. The number of rotatable bonds is 2. The molecule has 0 radical (unpaired) electrons. The van der Waals surface area contributed by atoms with Gasteiger partial charge in [0, 0.05) is 12.6 Å². The molecule has 0 atom stereocenters. The molecule has 62 valence electrons. The van der Waals surface area contributed by atoms with Crippen LogP contribution in [0.5, 0.6) is 0 Å². The number of nitrogens with zero attached hydrogens (tertiary/aromatic N) is 1. The number of nitriles is 1. The molecule has 0 spiro atoms. The van der Waals surface area contributed by atoms with Crippen LogP contribution in [0, 0.1) is 11.3 Å².